The van der Waals surface area contributed by atoms with Gasteiger partial charge in [0.1, 0.15) is 0 Å². The molecule has 2 aromatic heterocycles. The number of carbonyl (C=O) groups excluding carboxylic acids is 1. The van der Waals surface area contributed by atoms with E-state index in [4.69, 9.17) is 14.2 Å². The van der Waals surface area contributed by atoms with Gasteiger partial charge in [0.2, 0.25) is 6.79 Å². The Labute approximate surface area is 174 Å². The monoisotopic (exact) mass is 418 g/mol. The number of nitrogens with zero attached hydrogens (tertiary/aromatic N) is 4. The molecule has 1 aliphatic rings. The minimum atomic E-state index is -0.612. The fraction of sp³-hybridized carbons (Fsp3) is 0.0952. The molecule has 0 radical (unpaired) electrons. The first kappa shape index (κ1) is 18.6. The van der Waals surface area contributed by atoms with Crippen molar-refractivity contribution in [2.45, 2.75) is 0 Å². The van der Waals surface area contributed by atoms with Crippen molar-refractivity contribution < 1.29 is 23.9 Å². The molecule has 31 heavy (non-hydrogen) atoms. The fourth-order valence-electron chi connectivity index (χ4n) is 3.35. The van der Waals surface area contributed by atoms with Gasteiger partial charge in [-0.2, -0.15) is 5.10 Å². The molecule has 0 spiro atoms. The van der Waals surface area contributed by atoms with Gasteiger partial charge in [-0.15, -0.1) is 0 Å². The van der Waals surface area contributed by atoms with E-state index in [1.54, 1.807) is 30.3 Å². The molecular weight excluding hydrogens is 404 g/mol. The van der Waals surface area contributed by atoms with Gasteiger partial charge >= 0.3 is 5.97 Å². The van der Waals surface area contributed by atoms with Crippen LogP contribution in [0, 0.1) is 10.1 Å². The Hall–Kier alpha value is -4.47. The minimum Gasteiger partial charge on any atom is -0.464 e. The predicted molar refractivity (Wildman–Crippen MR) is 108 cm³/mol. The summed E-state index contributed by atoms with van der Waals surface area (Å²) < 4.78 is 17.0. The molecule has 3 heterocycles. The molecule has 0 amide bonds. The highest BCUT2D eigenvalue weighted by Gasteiger charge is 2.20. The smallest absolute Gasteiger partial charge is 0.356 e. The van der Waals surface area contributed by atoms with Crippen molar-refractivity contribution in [2.75, 3.05) is 13.9 Å². The Balaban J connectivity index is 1.67. The summed E-state index contributed by atoms with van der Waals surface area (Å²) in [6.45, 7) is 0.157. The molecule has 4 aromatic rings. The standard InChI is InChI=1S/C21H14N4O6/c1-29-21(26)17-9-15(12-3-2-4-14(7-12)25(27)28)22-20-10-16(23-24(17)20)13-5-6-18-19(8-13)31-11-30-18/h2-10H,11H2,1H3. The van der Waals surface area contributed by atoms with Crippen molar-refractivity contribution in [3.05, 3.63) is 70.4 Å². The van der Waals surface area contributed by atoms with E-state index in [2.05, 4.69) is 10.1 Å². The summed E-state index contributed by atoms with van der Waals surface area (Å²) in [5.74, 6) is 0.640. The highest BCUT2D eigenvalue weighted by molar-refractivity contribution is 5.90. The van der Waals surface area contributed by atoms with Crippen LogP contribution in [0.25, 0.3) is 28.2 Å². The van der Waals surface area contributed by atoms with Gasteiger partial charge in [-0.3, -0.25) is 10.1 Å². The lowest BCUT2D eigenvalue weighted by molar-refractivity contribution is -0.384. The quantitative estimate of drug-likeness (QED) is 0.281. The van der Waals surface area contributed by atoms with Crippen LogP contribution >= 0.6 is 0 Å². The van der Waals surface area contributed by atoms with E-state index in [0.29, 0.717) is 34.1 Å². The van der Waals surface area contributed by atoms with E-state index in [1.165, 1.54) is 29.8 Å². The van der Waals surface area contributed by atoms with Crippen LogP contribution in [-0.2, 0) is 4.74 Å². The average molecular weight is 418 g/mol. The highest BCUT2D eigenvalue weighted by atomic mass is 16.7. The van der Waals surface area contributed by atoms with E-state index in [1.807, 2.05) is 6.07 Å². The van der Waals surface area contributed by atoms with Crippen molar-refractivity contribution in [3.63, 3.8) is 0 Å². The Morgan fingerprint density at radius 1 is 1.06 bits per heavy atom. The minimum absolute atomic E-state index is 0.0756. The number of non-ortho nitro benzene ring substituents is 1. The molecular formula is C21H14N4O6. The molecule has 154 valence electrons. The van der Waals surface area contributed by atoms with Crippen LogP contribution in [0.2, 0.25) is 0 Å². The third kappa shape index (κ3) is 3.19. The molecule has 0 aliphatic carbocycles. The molecule has 0 N–H and O–H groups in total. The van der Waals surface area contributed by atoms with E-state index < -0.39 is 10.9 Å². The second-order valence-electron chi connectivity index (χ2n) is 6.69. The topological polar surface area (TPSA) is 118 Å². The summed E-state index contributed by atoms with van der Waals surface area (Å²) in [5, 5.41) is 15.6. The van der Waals surface area contributed by atoms with Gasteiger partial charge in [-0.1, -0.05) is 12.1 Å². The molecule has 0 atom stereocenters. The summed E-state index contributed by atoms with van der Waals surface area (Å²) in [6.07, 6.45) is 0. The number of methoxy groups -OCH3 is 1. The third-order valence-corrected chi connectivity index (χ3v) is 4.84. The number of aromatic nitrogens is 3. The Kier molecular flexibility index (Phi) is 4.25. The van der Waals surface area contributed by atoms with Crippen LogP contribution in [0.3, 0.4) is 0 Å². The predicted octanol–water partition coefficient (Wildman–Crippen LogP) is 3.49. The molecule has 0 saturated heterocycles. The number of nitro benzene ring substituents is 1. The number of hydrogen-bond acceptors (Lipinski definition) is 8. The third-order valence-electron chi connectivity index (χ3n) is 4.84. The van der Waals surface area contributed by atoms with E-state index in [-0.39, 0.29) is 18.2 Å². The number of ether oxygens (including phenoxy) is 3. The van der Waals surface area contributed by atoms with Gasteiger partial charge in [0.05, 0.1) is 23.4 Å². The zero-order chi connectivity index (χ0) is 21.5. The van der Waals surface area contributed by atoms with Gasteiger partial charge in [0.15, 0.2) is 22.8 Å². The van der Waals surface area contributed by atoms with Crippen LogP contribution < -0.4 is 9.47 Å². The molecule has 0 unspecified atom stereocenters. The maximum absolute atomic E-state index is 12.4. The molecule has 1 aliphatic heterocycles. The zero-order valence-electron chi connectivity index (χ0n) is 16.1. The largest absolute Gasteiger partial charge is 0.464 e. The van der Waals surface area contributed by atoms with Crippen molar-refractivity contribution >= 4 is 17.3 Å². The second kappa shape index (κ2) is 7.10. The number of esters is 1. The van der Waals surface area contributed by atoms with Crippen LogP contribution in [0.15, 0.2) is 54.6 Å². The van der Waals surface area contributed by atoms with Crippen LogP contribution in [-0.4, -0.2) is 39.4 Å². The Morgan fingerprint density at radius 3 is 2.68 bits per heavy atom. The summed E-state index contributed by atoms with van der Waals surface area (Å²) in [6, 6.07) is 14.6. The Morgan fingerprint density at radius 2 is 1.87 bits per heavy atom. The number of benzene rings is 2. The first-order valence-electron chi connectivity index (χ1n) is 9.17. The van der Waals surface area contributed by atoms with Gasteiger partial charge in [-0.25, -0.2) is 14.3 Å². The molecule has 10 heteroatoms. The number of fused-ring (bicyclic) bond motifs is 2. The molecule has 5 rings (SSSR count). The number of carbonyl (C=O) groups is 1. The fourth-order valence-corrected chi connectivity index (χ4v) is 3.35. The maximum Gasteiger partial charge on any atom is 0.356 e. The molecule has 2 aromatic carbocycles. The van der Waals surface area contributed by atoms with Gasteiger partial charge in [0.25, 0.3) is 5.69 Å². The second-order valence-corrected chi connectivity index (χ2v) is 6.69. The zero-order valence-corrected chi connectivity index (χ0v) is 16.1. The molecule has 0 bridgehead atoms. The van der Waals surface area contributed by atoms with Gasteiger partial charge < -0.3 is 14.2 Å². The van der Waals surface area contributed by atoms with Crippen molar-refractivity contribution in [3.8, 4) is 34.0 Å². The summed E-state index contributed by atoms with van der Waals surface area (Å²) >= 11 is 0. The summed E-state index contributed by atoms with van der Waals surface area (Å²) in [5.41, 5.74) is 2.64. The first-order chi connectivity index (χ1) is 15.0. The van der Waals surface area contributed by atoms with Crippen LogP contribution in [0.5, 0.6) is 11.5 Å². The maximum atomic E-state index is 12.4. The highest BCUT2D eigenvalue weighted by Crippen LogP contribution is 2.36. The van der Waals surface area contributed by atoms with Gasteiger partial charge in [0, 0.05) is 29.3 Å². The molecule has 0 fully saturated rings. The lowest BCUT2D eigenvalue weighted by atomic mass is 10.1. The van der Waals surface area contributed by atoms with E-state index >= 15 is 0 Å². The molecule has 10 nitrogen and oxygen atoms in total. The number of rotatable bonds is 4. The van der Waals surface area contributed by atoms with Crippen molar-refractivity contribution in [1.29, 1.82) is 0 Å². The first-order valence-corrected chi connectivity index (χ1v) is 9.17. The van der Waals surface area contributed by atoms with Crippen LogP contribution in [0.4, 0.5) is 5.69 Å². The lowest BCUT2D eigenvalue weighted by Crippen LogP contribution is -2.10. The number of nitro groups is 1. The van der Waals surface area contributed by atoms with Gasteiger partial charge in [-0.05, 0) is 24.3 Å². The van der Waals surface area contributed by atoms with Crippen molar-refractivity contribution in [1.82, 2.24) is 14.6 Å². The molecule has 0 saturated carbocycles. The van der Waals surface area contributed by atoms with Crippen LogP contribution in [0.1, 0.15) is 10.5 Å². The normalized spacial score (nSPS) is 12.2. The SMILES string of the molecule is COC(=O)c1cc(-c2cccc([N+](=O)[O-])c2)nc2cc(-c3ccc4c(c3)OCO4)nn12. The summed E-state index contributed by atoms with van der Waals surface area (Å²) in [7, 11) is 1.27. The van der Waals surface area contributed by atoms with E-state index in [0.717, 1.165) is 5.56 Å². The van der Waals surface area contributed by atoms with E-state index in [9.17, 15) is 14.9 Å². The Bertz CT molecular complexity index is 1360. The average Bonchev–Trinajstić information content (AvgIpc) is 3.44. The lowest BCUT2D eigenvalue weighted by Gasteiger charge is -2.06. The van der Waals surface area contributed by atoms with Crippen molar-refractivity contribution in [2.24, 2.45) is 0 Å². The number of hydrogen-bond donors (Lipinski definition) is 0. The summed E-state index contributed by atoms with van der Waals surface area (Å²) in [4.78, 5) is 27.6.